The quantitative estimate of drug-likeness (QED) is 0.917. The first-order chi connectivity index (χ1) is 9.63. The lowest BCUT2D eigenvalue weighted by Crippen LogP contribution is -2.42. The third-order valence-corrected chi connectivity index (χ3v) is 4.17. The third-order valence-electron chi connectivity index (χ3n) is 4.17. The summed E-state index contributed by atoms with van der Waals surface area (Å²) in [6.07, 6.45) is 2.08. The summed E-state index contributed by atoms with van der Waals surface area (Å²) >= 11 is 0. The monoisotopic (exact) mass is 276 g/mol. The highest BCUT2D eigenvalue weighted by molar-refractivity contribution is 5.79. The van der Waals surface area contributed by atoms with Crippen LogP contribution in [0.1, 0.15) is 31.4 Å². The standard InChI is InChI=1S/C16H24N2O2/c1-12(13-6-8-15(20-3)9-7-13)18(2)16(19)14-5-4-10-17-11-14/h6-9,12,14,17H,4-5,10-11H2,1-3H3. The van der Waals surface area contributed by atoms with Crippen molar-refractivity contribution in [3.63, 3.8) is 0 Å². The van der Waals surface area contributed by atoms with Crippen LogP contribution >= 0.6 is 0 Å². The number of methoxy groups -OCH3 is 1. The Hall–Kier alpha value is -1.55. The van der Waals surface area contributed by atoms with Gasteiger partial charge in [-0.2, -0.15) is 0 Å². The molecule has 1 heterocycles. The number of amides is 1. The van der Waals surface area contributed by atoms with Crippen molar-refractivity contribution in [1.29, 1.82) is 0 Å². The SMILES string of the molecule is COc1ccc(C(C)N(C)C(=O)C2CCCNC2)cc1. The van der Waals surface area contributed by atoms with E-state index in [-0.39, 0.29) is 17.9 Å². The first-order valence-electron chi connectivity index (χ1n) is 7.25. The molecule has 0 saturated carbocycles. The van der Waals surface area contributed by atoms with Crippen molar-refractivity contribution in [1.82, 2.24) is 10.2 Å². The first kappa shape index (κ1) is 14.9. The molecule has 0 spiro atoms. The Morgan fingerprint density at radius 2 is 2.10 bits per heavy atom. The van der Waals surface area contributed by atoms with E-state index in [1.807, 2.05) is 36.2 Å². The molecule has 1 aromatic rings. The fraction of sp³-hybridized carbons (Fsp3) is 0.562. The number of rotatable bonds is 4. The van der Waals surface area contributed by atoms with E-state index in [1.54, 1.807) is 7.11 Å². The minimum atomic E-state index is 0.0790. The molecule has 2 rings (SSSR count). The maximum atomic E-state index is 12.5. The Bertz CT molecular complexity index is 438. The number of ether oxygens (including phenoxy) is 1. The van der Waals surface area contributed by atoms with Gasteiger partial charge >= 0.3 is 0 Å². The summed E-state index contributed by atoms with van der Waals surface area (Å²) in [5.41, 5.74) is 1.13. The molecule has 2 atom stereocenters. The third kappa shape index (κ3) is 3.31. The van der Waals surface area contributed by atoms with Gasteiger partial charge in [0.2, 0.25) is 5.91 Å². The lowest BCUT2D eigenvalue weighted by Gasteiger charge is -2.31. The Morgan fingerprint density at radius 3 is 2.65 bits per heavy atom. The van der Waals surface area contributed by atoms with Gasteiger partial charge in [0.05, 0.1) is 19.1 Å². The second-order valence-electron chi connectivity index (χ2n) is 5.44. The average Bonchev–Trinajstić information content (AvgIpc) is 2.53. The number of hydrogen-bond donors (Lipinski definition) is 1. The topological polar surface area (TPSA) is 41.6 Å². The van der Waals surface area contributed by atoms with Gasteiger partial charge in [-0.15, -0.1) is 0 Å². The summed E-state index contributed by atoms with van der Waals surface area (Å²) in [5, 5.41) is 3.30. The van der Waals surface area contributed by atoms with Crippen LogP contribution < -0.4 is 10.1 Å². The van der Waals surface area contributed by atoms with Gasteiger partial charge in [0.25, 0.3) is 0 Å². The van der Waals surface area contributed by atoms with Gasteiger partial charge in [0.1, 0.15) is 5.75 Å². The van der Waals surface area contributed by atoms with Crippen molar-refractivity contribution in [3.05, 3.63) is 29.8 Å². The number of nitrogens with one attached hydrogen (secondary N) is 1. The summed E-state index contributed by atoms with van der Waals surface area (Å²) in [6, 6.07) is 7.99. The van der Waals surface area contributed by atoms with Crippen molar-refractivity contribution in [2.75, 3.05) is 27.2 Å². The van der Waals surface area contributed by atoms with Crippen LogP contribution in [0.4, 0.5) is 0 Å². The molecular weight excluding hydrogens is 252 g/mol. The lowest BCUT2D eigenvalue weighted by atomic mass is 9.97. The van der Waals surface area contributed by atoms with Crippen LogP contribution in [-0.4, -0.2) is 38.1 Å². The predicted molar refractivity (Wildman–Crippen MR) is 79.8 cm³/mol. The van der Waals surface area contributed by atoms with Crippen LogP contribution in [-0.2, 0) is 4.79 Å². The number of piperidine rings is 1. The zero-order valence-electron chi connectivity index (χ0n) is 12.6. The smallest absolute Gasteiger partial charge is 0.227 e. The Morgan fingerprint density at radius 1 is 1.40 bits per heavy atom. The predicted octanol–water partition coefficient (Wildman–Crippen LogP) is 2.21. The zero-order chi connectivity index (χ0) is 14.5. The molecule has 1 N–H and O–H groups in total. The van der Waals surface area contributed by atoms with Gasteiger partial charge in [0.15, 0.2) is 0 Å². The minimum Gasteiger partial charge on any atom is -0.497 e. The van der Waals surface area contributed by atoms with E-state index < -0.39 is 0 Å². The van der Waals surface area contributed by atoms with Crippen molar-refractivity contribution >= 4 is 5.91 Å². The highest BCUT2D eigenvalue weighted by Gasteiger charge is 2.26. The van der Waals surface area contributed by atoms with E-state index in [0.717, 1.165) is 37.2 Å². The molecule has 1 saturated heterocycles. The van der Waals surface area contributed by atoms with Crippen LogP contribution in [0.25, 0.3) is 0 Å². The molecule has 0 aromatic heterocycles. The Balaban J connectivity index is 2.02. The molecule has 0 radical (unpaired) electrons. The van der Waals surface area contributed by atoms with Gasteiger partial charge < -0.3 is 15.0 Å². The van der Waals surface area contributed by atoms with Crippen molar-refractivity contribution in [2.24, 2.45) is 5.92 Å². The Kier molecular flexibility index (Phi) is 5.01. The molecule has 1 fully saturated rings. The molecule has 0 bridgehead atoms. The summed E-state index contributed by atoms with van der Waals surface area (Å²) in [5.74, 6) is 1.20. The van der Waals surface area contributed by atoms with E-state index in [4.69, 9.17) is 4.74 Å². The second-order valence-corrected chi connectivity index (χ2v) is 5.44. The minimum absolute atomic E-state index is 0.0790. The van der Waals surface area contributed by atoms with Crippen molar-refractivity contribution in [2.45, 2.75) is 25.8 Å². The number of nitrogens with zero attached hydrogens (tertiary/aromatic N) is 1. The zero-order valence-corrected chi connectivity index (χ0v) is 12.6. The first-order valence-corrected chi connectivity index (χ1v) is 7.25. The normalized spacial score (nSPS) is 20.2. The fourth-order valence-corrected chi connectivity index (χ4v) is 2.65. The van der Waals surface area contributed by atoms with Gasteiger partial charge in [0, 0.05) is 13.6 Å². The molecule has 1 amide bonds. The fourth-order valence-electron chi connectivity index (χ4n) is 2.65. The molecule has 1 aromatic carbocycles. The van der Waals surface area contributed by atoms with Gasteiger partial charge in [-0.05, 0) is 44.0 Å². The molecule has 1 aliphatic rings. The van der Waals surface area contributed by atoms with Crippen LogP contribution in [0.15, 0.2) is 24.3 Å². The summed E-state index contributed by atoms with van der Waals surface area (Å²) in [7, 11) is 3.55. The molecular formula is C16H24N2O2. The average molecular weight is 276 g/mol. The summed E-state index contributed by atoms with van der Waals surface area (Å²) in [4.78, 5) is 14.4. The number of carbonyl (C=O) groups is 1. The molecule has 4 nitrogen and oxygen atoms in total. The van der Waals surface area contributed by atoms with E-state index in [1.165, 1.54) is 0 Å². The Labute approximate surface area is 121 Å². The molecule has 110 valence electrons. The van der Waals surface area contributed by atoms with Crippen LogP contribution in [0, 0.1) is 5.92 Å². The summed E-state index contributed by atoms with van der Waals surface area (Å²) < 4.78 is 5.16. The van der Waals surface area contributed by atoms with Gasteiger partial charge in [-0.25, -0.2) is 0 Å². The largest absolute Gasteiger partial charge is 0.497 e. The highest BCUT2D eigenvalue weighted by Crippen LogP contribution is 2.24. The van der Waals surface area contributed by atoms with Crippen LogP contribution in [0.3, 0.4) is 0 Å². The van der Waals surface area contributed by atoms with Crippen LogP contribution in [0.2, 0.25) is 0 Å². The van der Waals surface area contributed by atoms with Gasteiger partial charge in [-0.3, -0.25) is 4.79 Å². The molecule has 1 aliphatic heterocycles. The second kappa shape index (κ2) is 6.75. The number of carbonyl (C=O) groups excluding carboxylic acids is 1. The van der Waals surface area contributed by atoms with Crippen molar-refractivity contribution < 1.29 is 9.53 Å². The number of benzene rings is 1. The van der Waals surface area contributed by atoms with E-state index in [9.17, 15) is 4.79 Å². The van der Waals surface area contributed by atoms with E-state index in [2.05, 4.69) is 12.2 Å². The number of hydrogen-bond acceptors (Lipinski definition) is 3. The maximum Gasteiger partial charge on any atom is 0.227 e. The highest BCUT2D eigenvalue weighted by atomic mass is 16.5. The van der Waals surface area contributed by atoms with Crippen molar-refractivity contribution in [3.8, 4) is 5.75 Å². The maximum absolute atomic E-state index is 12.5. The molecule has 4 heteroatoms. The lowest BCUT2D eigenvalue weighted by molar-refractivity contribution is -0.136. The van der Waals surface area contributed by atoms with Crippen LogP contribution in [0.5, 0.6) is 5.75 Å². The summed E-state index contributed by atoms with van der Waals surface area (Å²) in [6.45, 7) is 3.90. The molecule has 2 unspecified atom stereocenters. The van der Waals surface area contributed by atoms with E-state index >= 15 is 0 Å². The van der Waals surface area contributed by atoms with Gasteiger partial charge in [-0.1, -0.05) is 12.1 Å². The molecule has 0 aliphatic carbocycles. The van der Waals surface area contributed by atoms with E-state index in [0.29, 0.717) is 0 Å². The molecule has 20 heavy (non-hydrogen) atoms.